The van der Waals surface area contributed by atoms with Gasteiger partial charge in [-0.2, -0.15) is 0 Å². The third-order valence-electron chi connectivity index (χ3n) is 3.52. The number of hydrogen-bond donors (Lipinski definition) is 1. The SMILES string of the molecule is O=C(O)CN1CCc2cc(Oc3ccc([N+](=O)[O-])cn3)ccc21. The van der Waals surface area contributed by atoms with Crippen LogP contribution in [0.2, 0.25) is 0 Å². The van der Waals surface area contributed by atoms with Crippen LogP contribution in [0.1, 0.15) is 5.56 Å². The second-order valence-corrected chi connectivity index (χ2v) is 5.07. The Labute approximate surface area is 131 Å². The van der Waals surface area contributed by atoms with Gasteiger partial charge in [-0.1, -0.05) is 0 Å². The molecule has 0 aliphatic carbocycles. The van der Waals surface area contributed by atoms with Crippen molar-refractivity contribution in [2.75, 3.05) is 18.0 Å². The van der Waals surface area contributed by atoms with Gasteiger partial charge in [0.25, 0.3) is 5.69 Å². The number of nitrogens with zero attached hydrogens (tertiary/aromatic N) is 3. The van der Waals surface area contributed by atoms with E-state index in [0.29, 0.717) is 12.3 Å². The summed E-state index contributed by atoms with van der Waals surface area (Å²) in [6.07, 6.45) is 1.88. The summed E-state index contributed by atoms with van der Waals surface area (Å²) in [6, 6.07) is 8.13. The van der Waals surface area contributed by atoms with E-state index in [1.54, 1.807) is 11.0 Å². The van der Waals surface area contributed by atoms with E-state index in [9.17, 15) is 14.9 Å². The number of nitro groups is 1. The molecule has 23 heavy (non-hydrogen) atoms. The molecule has 0 amide bonds. The number of benzene rings is 1. The molecule has 0 spiro atoms. The molecule has 8 heteroatoms. The van der Waals surface area contributed by atoms with Crippen molar-refractivity contribution in [3.63, 3.8) is 0 Å². The molecule has 8 nitrogen and oxygen atoms in total. The Kier molecular flexibility index (Phi) is 3.80. The van der Waals surface area contributed by atoms with E-state index in [1.807, 2.05) is 12.1 Å². The first-order valence-electron chi connectivity index (χ1n) is 6.91. The number of carboxylic acid groups (broad SMARTS) is 1. The fourth-order valence-electron chi connectivity index (χ4n) is 2.50. The van der Waals surface area contributed by atoms with Crippen LogP contribution in [0, 0.1) is 10.1 Å². The van der Waals surface area contributed by atoms with Gasteiger partial charge in [0.05, 0.1) is 4.92 Å². The summed E-state index contributed by atoms with van der Waals surface area (Å²) in [7, 11) is 0. The molecule has 0 atom stereocenters. The molecule has 0 bridgehead atoms. The highest BCUT2D eigenvalue weighted by atomic mass is 16.6. The van der Waals surface area contributed by atoms with Crippen molar-refractivity contribution in [3.05, 3.63) is 52.2 Å². The van der Waals surface area contributed by atoms with Gasteiger partial charge in [0.15, 0.2) is 0 Å². The zero-order chi connectivity index (χ0) is 16.4. The van der Waals surface area contributed by atoms with Crippen molar-refractivity contribution in [1.29, 1.82) is 0 Å². The molecule has 1 aromatic carbocycles. The highest BCUT2D eigenvalue weighted by Crippen LogP contribution is 2.32. The largest absolute Gasteiger partial charge is 0.480 e. The maximum absolute atomic E-state index is 10.8. The van der Waals surface area contributed by atoms with Crippen LogP contribution in [0.25, 0.3) is 0 Å². The Balaban J connectivity index is 1.75. The molecular weight excluding hydrogens is 302 g/mol. The Morgan fingerprint density at radius 2 is 2.22 bits per heavy atom. The standard InChI is InChI=1S/C15H13N3O5/c19-15(20)9-17-6-5-10-7-12(2-3-13(10)17)23-14-4-1-11(8-16-14)18(21)22/h1-4,7-8H,5-6,9H2,(H,19,20). The number of rotatable bonds is 5. The summed E-state index contributed by atoms with van der Waals surface area (Å²) >= 11 is 0. The lowest BCUT2D eigenvalue weighted by atomic mass is 10.1. The van der Waals surface area contributed by atoms with E-state index in [-0.39, 0.29) is 18.1 Å². The van der Waals surface area contributed by atoms with Crippen molar-refractivity contribution >= 4 is 17.3 Å². The number of fused-ring (bicyclic) bond motifs is 1. The first kappa shape index (κ1) is 14.8. The van der Waals surface area contributed by atoms with Crippen LogP contribution in [0.3, 0.4) is 0 Å². The zero-order valence-electron chi connectivity index (χ0n) is 12.0. The Morgan fingerprint density at radius 1 is 1.39 bits per heavy atom. The molecule has 118 valence electrons. The molecule has 3 rings (SSSR count). The van der Waals surface area contributed by atoms with Gasteiger partial charge in [0, 0.05) is 24.4 Å². The maximum Gasteiger partial charge on any atom is 0.323 e. The number of pyridine rings is 1. The van der Waals surface area contributed by atoms with Crippen molar-refractivity contribution in [1.82, 2.24) is 4.98 Å². The van der Waals surface area contributed by atoms with Crippen LogP contribution in [-0.4, -0.2) is 34.1 Å². The number of ether oxygens (including phenoxy) is 1. The minimum Gasteiger partial charge on any atom is -0.480 e. The molecule has 0 unspecified atom stereocenters. The van der Waals surface area contributed by atoms with E-state index < -0.39 is 10.9 Å². The number of hydrogen-bond acceptors (Lipinski definition) is 6. The van der Waals surface area contributed by atoms with E-state index in [2.05, 4.69) is 4.98 Å². The number of anilines is 1. The van der Waals surface area contributed by atoms with Crippen LogP contribution >= 0.6 is 0 Å². The molecule has 1 aliphatic rings. The molecule has 0 saturated carbocycles. The van der Waals surface area contributed by atoms with Crippen LogP contribution in [-0.2, 0) is 11.2 Å². The van der Waals surface area contributed by atoms with Gasteiger partial charge in [-0.3, -0.25) is 14.9 Å². The van der Waals surface area contributed by atoms with Crippen LogP contribution in [0.15, 0.2) is 36.5 Å². The molecule has 2 heterocycles. The van der Waals surface area contributed by atoms with Crippen LogP contribution < -0.4 is 9.64 Å². The fraction of sp³-hybridized carbons (Fsp3) is 0.200. The minimum absolute atomic E-state index is 0.0306. The molecule has 0 fully saturated rings. The smallest absolute Gasteiger partial charge is 0.323 e. The van der Waals surface area contributed by atoms with Gasteiger partial charge >= 0.3 is 5.97 Å². The summed E-state index contributed by atoms with van der Waals surface area (Å²) in [5, 5.41) is 19.5. The van der Waals surface area contributed by atoms with Crippen molar-refractivity contribution in [3.8, 4) is 11.6 Å². The summed E-state index contributed by atoms with van der Waals surface area (Å²) < 4.78 is 5.59. The van der Waals surface area contributed by atoms with Crippen molar-refractivity contribution < 1.29 is 19.6 Å². The van der Waals surface area contributed by atoms with Gasteiger partial charge < -0.3 is 14.7 Å². The lowest BCUT2D eigenvalue weighted by molar-refractivity contribution is -0.385. The average molecular weight is 315 g/mol. The average Bonchev–Trinajstić information content (AvgIpc) is 2.89. The molecule has 1 aliphatic heterocycles. The molecule has 0 radical (unpaired) electrons. The number of carboxylic acids is 1. The Hall–Kier alpha value is -3.16. The number of aromatic nitrogens is 1. The molecule has 2 aromatic rings. The second-order valence-electron chi connectivity index (χ2n) is 5.07. The summed E-state index contributed by atoms with van der Waals surface area (Å²) in [5.74, 6) is -0.0496. The van der Waals surface area contributed by atoms with Crippen LogP contribution in [0.4, 0.5) is 11.4 Å². The third-order valence-corrected chi connectivity index (χ3v) is 3.52. The Morgan fingerprint density at radius 3 is 2.87 bits per heavy atom. The minimum atomic E-state index is -0.867. The van der Waals surface area contributed by atoms with Gasteiger partial charge in [-0.15, -0.1) is 0 Å². The second kappa shape index (κ2) is 5.91. The predicted molar refractivity (Wildman–Crippen MR) is 81.0 cm³/mol. The lowest BCUT2D eigenvalue weighted by Crippen LogP contribution is -2.27. The Bertz CT molecular complexity index is 760. The first-order chi connectivity index (χ1) is 11.0. The van der Waals surface area contributed by atoms with Gasteiger partial charge in [-0.05, 0) is 30.2 Å². The third kappa shape index (κ3) is 3.20. The highest BCUT2D eigenvalue weighted by molar-refractivity contribution is 5.75. The highest BCUT2D eigenvalue weighted by Gasteiger charge is 2.21. The van der Waals surface area contributed by atoms with E-state index in [1.165, 1.54) is 12.1 Å². The number of aliphatic carboxylic acids is 1. The first-order valence-corrected chi connectivity index (χ1v) is 6.91. The summed E-state index contributed by atoms with van der Waals surface area (Å²) in [5.41, 5.74) is 1.79. The van der Waals surface area contributed by atoms with E-state index in [4.69, 9.17) is 9.84 Å². The van der Waals surface area contributed by atoms with Crippen molar-refractivity contribution in [2.45, 2.75) is 6.42 Å². The molecule has 1 aromatic heterocycles. The van der Waals surface area contributed by atoms with Gasteiger partial charge in [0.1, 0.15) is 18.5 Å². The topological polar surface area (TPSA) is 106 Å². The van der Waals surface area contributed by atoms with E-state index in [0.717, 1.165) is 23.9 Å². The van der Waals surface area contributed by atoms with Crippen molar-refractivity contribution in [2.24, 2.45) is 0 Å². The summed E-state index contributed by atoms with van der Waals surface area (Å²) in [4.78, 5) is 26.6. The fourth-order valence-corrected chi connectivity index (χ4v) is 2.50. The van der Waals surface area contributed by atoms with Crippen LogP contribution in [0.5, 0.6) is 11.6 Å². The van der Waals surface area contributed by atoms with Gasteiger partial charge in [-0.25, -0.2) is 4.98 Å². The normalized spacial score (nSPS) is 12.8. The quantitative estimate of drug-likeness (QED) is 0.666. The monoisotopic (exact) mass is 315 g/mol. The van der Waals surface area contributed by atoms with E-state index >= 15 is 0 Å². The molecule has 0 saturated heterocycles. The summed E-state index contributed by atoms with van der Waals surface area (Å²) in [6.45, 7) is 0.623. The van der Waals surface area contributed by atoms with Gasteiger partial charge in [0.2, 0.25) is 5.88 Å². The lowest BCUT2D eigenvalue weighted by Gasteiger charge is -2.16. The molecule has 1 N–H and O–H groups in total. The number of carbonyl (C=O) groups is 1. The zero-order valence-corrected chi connectivity index (χ0v) is 12.0. The maximum atomic E-state index is 10.8. The molecular formula is C15H13N3O5. The predicted octanol–water partition coefficient (Wildman–Crippen LogP) is 2.23.